The van der Waals surface area contributed by atoms with Crippen molar-refractivity contribution in [3.63, 3.8) is 0 Å². The first-order valence-electron chi connectivity index (χ1n) is 7.15. The third kappa shape index (κ3) is 8.59. The topological polar surface area (TPSA) is 117 Å². The number of esters is 1. The predicted octanol–water partition coefficient (Wildman–Crippen LogP) is -0.0371. The fraction of sp³-hybridized carbons (Fsp3) is 0.400. The zero-order chi connectivity index (χ0) is 16.4. The van der Waals surface area contributed by atoms with E-state index >= 15 is 0 Å². The van der Waals surface area contributed by atoms with Crippen molar-refractivity contribution in [2.75, 3.05) is 13.2 Å². The molecule has 1 aromatic carbocycles. The molecule has 8 heteroatoms. The quantitative estimate of drug-likeness (QED) is 0.175. The number of ether oxygens (including phenoxy) is 1. The normalized spacial score (nSPS) is 10.8. The molecule has 0 aromatic heterocycles. The molecule has 0 radical (unpaired) electrons. The third-order valence-corrected chi connectivity index (χ3v) is 2.90. The van der Waals surface area contributed by atoms with Gasteiger partial charge in [0.1, 0.15) is 6.04 Å². The first-order chi connectivity index (χ1) is 10.5. The molecule has 1 atom stereocenters. The van der Waals surface area contributed by atoms with Crippen molar-refractivity contribution < 1.29 is 14.3 Å². The summed E-state index contributed by atoms with van der Waals surface area (Å²) >= 11 is 0. The van der Waals surface area contributed by atoms with E-state index in [1.54, 1.807) is 31.2 Å². The van der Waals surface area contributed by atoms with Gasteiger partial charge in [-0.1, -0.05) is 18.2 Å². The van der Waals surface area contributed by atoms with Crippen molar-refractivity contribution in [2.24, 2.45) is 5.73 Å². The van der Waals surface area contributed by atoms with E-state index in [1.807, 2.05) is 6.07 Å². The summed E-state index contributed by atoms with van der Waals surface area (Å²) in [6.45, 7) is 2.42. The summed E-state index contributed by atoms with van der Waals surface area (Å²) in [6, 6.07) is 7.95. The molecule has 0 aliphatic heterocycles. The fourth-order valence-corrected chi connectivity index (χ4v) is 1.85. The van der Waals surface area contributed by atoms with Crippen molar-refractivity contribution in [1.82, 2.24) is 10.6 Å². The molecule has 0 saturated heterocycles. The van der Waals surface area contributed by atoms with Gasteiger partial charge in [-0.15, -0.1) is 0 Å². The van der Waals surface area contributed by atoms with Crippen molar-refractivity contribution in [3.8, 4) is 0 Å². The standard InChI is InChI=1S/C15H22N4O3.Na.H/c1-2-22-14(21)12(9-6-10-18-15(16)17)19-13(20)11-7-4-3-5-8-11;;/h3-5,7-8,12H,2,6,9-10H2,1H3,(H,19,20)(H4,16,17,18);;/t12-;;/m0../s1. The van der Waals surface area contributed by atoms with Gasteiger partial charge in [-0.05, 0) is 31.9 Å². The summed E-state index contributed by atoms with van der Waals surface area (Å²) in [4.78, 5) is 24.0. The van der Waals surface area contributed by atoms with Crippen molar-refractivity contribution in [2.45, 2.75) is 25.8 Å². The number of nitrogens with one attached hydrogen (secondary N) is 3. The molecule has 0 spiro atoms. The molecule has 0 aliphatic carbocycles. The summed E-state index contributed by atoms with van der Waals surface area (Å²) in [5.74, 6) is -0.909. The number of carbonyl (C=O) groups excluding carboxylic acids is 2. The van der Waals surface area contributed by atoms with Gasteiger partial charge in [0, 0.05) is 12.1 Å². The van der Waals surface area contributed by atoms with Crippen LogP contribution < -0.4 is 16.4 Å². The number of nitrogens with two attached hydrogens (primary N) is 1. The monoisotopic (exact) mass is 330 g/mol. The second kappa shape index (κ2) is 11.9. The van der Waals surface area contributed by atoms with Gasteiger partial charge in [-0.2, -0.15) is 0 Å². The van der Waals surface area contributed by atoms with E-state index in [-0.39, 0.29) is 48.0 Å². The fourth-order valence-electron chi connectivity index (χ4n) is 1.85. The minimum absolute atomic E-state index is 0. The molecule has 0 fully saturated rings. The minimum atomic E-state index is -0.721. The van der Waals surface area contributed by atoms with E-state index in [0.717, 1.165) is 0 Å². The van der Waals surface area contributed by atoms with Gasteiger partial charge < -0.3 is 21.1 Å². The van der Waals surface area contributed by atoms with Crippen LogP contribution in [0.2, 0.25) is 0 Å². The molecule has 1 aromatic rings. The van der Waals surface area contributed by atoms with Crippen LogP contribution in [0.25, 0.3) is 0 Å². The summed E-state index contributed by atoms with van der Waals surface area (Å²) < 4.78 is 4.98. The third-order valence-electron chi connectivity index (χ3n) is 2.90. The zero-order valence-electron chi connectivity index (χ0n) is 12.6. The number of rotatable bonds is 8. The van der Waals surface area contributed by atoms with Gasteiger partial charge >= 0.3 is 35.5 Å². The van der Waals surface area contributed by atoms with Crippen LogP contribution in [0.15, 0.2) is 30.3 Å². The summed E-state index contributed by atoms with van der Waals surface area (Å²) in [6.07, 6.45) is 0.968. The van der Waals surface area contributed by atoms with Crippen molar-refractivity contribution in [1.29, 1.82) is 5.41 Å². The summed E-state index contributed by atoms with van der Waals surface area (Å²) in [5, 5.41) is 12.4. The van der Waals surface area contributed by atoms with Gasteiger partial charge in [-0.3, -0.25) is 10.2 Å². The Kier molecular flexibility index (Phi) is 11.1. The first-order valence-corrected chi connectivity index (χ1v) is 7.15. The van der Waals surface area contributed by atoms with Crippen LogP contribution in [0.3, 0.4) is 0 Å². The average molecular weight is 330 g/mol. The van der Waals surface area contributed by atoms with E-state index in [9.17, 15) is 9.59 Å². The van der Waals surface area contributed by atoms with E-state index in [2.05, 4.69) is 10.6 Å². The molecular formula is C15H23N4NaO3. The molecule has 1 rings (SSSR count). The van der Waals surface area contributed by atoms with Gasteiger partial charge in [0.05, 0.1) is 6.61 Å². The number of hydrogen-bond donors (Lipinski definition) is 4. The van der Waals surface area contributed by atoms with Gasteiger partial charge in [-0.25, -0.2) is 4.79 Å². The Bertz CT molecular complexity index is 511. The predicted molar refractivity (Wildman–Crippen MR) is 90.6 cm³/mol. The molecule has 0 saturated carbocycles. The summed E-state index contributed by atoms with van der Waals surface area (Å²) in [7, 11) is 0. The molecule has 0 bridgehead atoms. The number of hydrogen-bond acceptors (Lipinski definition) is 4. The van der Waals surface area contributed by atoms with Crippen LogP contribution in [-0.2, 0) is 9.53 Å². The Morgan fingerprint density at radius 3 is 2.52 bits per heavy atom. The number of benzene rings is 1. The second-order valence-electron chi connectivity index (χ2n) is 4.63. The zero-order valence-corrected chi connectivity index (χ0v) is 12.6. The molecule has 1 amide bonds. The molecular weight excluding hydrogens is 307 g/mol. The van der Waals surface area contributed by atoms with Crippen LogP contribution in [-0.4, -0.2) is 66.6 Å². The Morgan fingerprint density at radius 1 is 1.30 bits per heavy atom. The Morgan fingerprint density at radius 2 is 1.96 bits per heavy atom. The maximum absolute atomic E-state index is 12.1. The summed E-state index contributed by atoms with van der Waals surface area (Å²) in [5.41, 5.74) is 5.67. The van der Waals surface area contributed by atoms with Crippen LogP contribution in [0.4, 0.5) is 0 Å². The van der Waals surface area contributed by atoms with Gasteiger partial charge in [0.2, 0.25) is 0 Å². The Hall–Kier alpha value is -1.57. The first kappa shape index (κ1) is 21.4. The SMILES string of the molecule is CCOC(=O)[C@H](CCCNC(=N)N)NC(=O)c1ccccc1.[NaH]. The van der Waals surface area contributed by atoms with Crippen LogP contribution >= 0.6 is 0 Å². The average Bonchev–Trinajstić information content (AvgIpc) is 2.51. The van der Waals surface area contributed by atoms with E-state index < -0.39 is 12.0 Å². The Balaban J connectivity index is 0.00000484. The maximum atomic E-state index is 12.1. The van der Waals surface area contributed by atoms with Crippen molar-refractivity contribution >= 4 is 47.4 Å². The molecule has 23 heavy (non-hydrogen) atoms. The van der Waals surface area contributed by atoms with Crippen LogP contribution in [0.1, 0.15) is 30.1 Å². The van der Waals surface area contributed by atoms with Crippen molar-refractivity contribution in [3.05, 3.63) is 35.9 Å². The van der Waals surface area contributed by atoms with Crippen LogP contribution in [0.5, 0.6) is 0 Å². The number of carbonyl (C=O) groups is 2. The molecule has 5 N–H and O–H groups in total. The van der Waals surface area contributed by atoms with E-state index in [4.69, 9.17) is 15.9 Å². The molecule has 0 unspecified atom stereocenters. The molecule has 0 heterocycles. The number of guanidine groups is 1. The second-order valence-corrected chi connectivity index (χ2v) is 4.63. The Labute approximate surface area is 158 Å². The molecule has 7 nitrogen and oxygen atoms in total. The van der Waals surface area contributed by atoms with E-state index in [1.165, 1.54) is 0 Å². The molecule has 0 aliphatic rings. The molecule has 122 valence electrons. The van der Waals surface area contributed by atoms with Gasteiger partial charge in [0.15, 0.2) is 5.96 Å². The van der Waals surface area contributed by atoms with Gasteiger partial charge in [0.25, 0.3) is 5.91 Å². The van der Waals surface area contributed by atoms with Crippen LogP contribution in [0, 0.1) is 5.41 Å². The van der Waals surface area contributed by atoms with E-state index in [0.29, 0.717) is 24.9 Å². The number of amides is 1.